The fourth-order valence-electron chi connectivity index (χ4n) is 2.86. The van der Waals surface area contributed by atoms with Crippen LogP contribution in [-0.4, -0.2) is 32.3 Å². The van der Waals surface area contributed by atoms with Crippen molar-refractivity contribution in [1.82, 2.24) is 4.90 Å². The van der Waals surface area contributed by atoms with Gasteiger partial charge in [0.25, 0.3) is 10.0 Å². The standard InChI is InChI=1S/C18H21FN2O3S2/c1-13-5-6-14(11-16(13)19)20-26(23,24)18-8-7-15(25-18)12-17(22)21-9-3-2-4-10-21/h5-8,11,20H,2-4,9-10,12H2,1H3. The number of anilines is 1. The van der Waals surface area contributed by atoms with E-state index in [1.54, 1.807) is 13.0 Å². The van der Waals surface area contributed by atoms with Crippen molar-refractivity contribution in [2.75, 3.05) is 17.8 Å². The molecule has 2 aromatic rings. The molecule has 0 atom stereocenters. The Hall–Kier alpha value is -1.93. The van der Waals surface area contributed by atoms with E-state index in [-0.39, 0.29) is 22.2 Å². The molecule has 0 aliphatic carbocycles. The molecule has 1 fully saturated rings. The number of aryl methyl sites for hydroxylation is 1. The summed E-state index contributed by atoms with van der Waals surface area (Å²) in [7, 11) is -3.81. The maximum absolute atomic E-state index is 13.6. The fourth-order valence-corrected chi connectivity index (χ4v) is 5.26. The Morgan fingerprint density at radius 3 is 2.62 bits per heavy atom. The average Bonchev–Trinajstić information content (AvgIpc) is 3.08. The van der Waals surface area contributed by atoms with E-state index in [9.17, 15) is 17.6 Å². The van der Waals surface area contributed by atoms with Gasteiger partial charge in [-0.1, -0.05) is 6.07 Å². The number of benzene rings is 1. The van der Waals surface area contributed by atoms with Gasteiger partial charge in [-0.2, -0.15) is 0 Å². The highest BCUT2D eigenvalue weighted by atomic mass is 32.2. The molecule has 1 N–H and O–H groups in total. The summed E-state index contributed by atoms with van der Waals surface area (Å²) in [6.07, 6.45) is 3.40. The molecule has 5 nitrogen and oxygen atoms in total. The molecule has 3 rings (SSSR count). The van der Waals surface area contributed by atoms with Crippen LogP contribution in [-0.2, 0) is 21.2 Å². The average molecular weight is 397 g/mol. The highest BCUT2D eigenvalue weighted by molar-refractivity contribution is 7.94. The SMILES string of the molecule is Cc1ccc(NS(=O)(=O)c2ccc(CC(=O)N3CCCCC3)s2)cc1F. The van der Waals surface area contributed by atoms with E-state index >= 15 is 0 Å². The smallest absolute Gasteiger partial charge is 0.271 e. The second-order valence-corrected chi connectivity index (χ2v) is 9.49. The van der Waals surface area contributed by atoms with Gasteiger partial charge < -0.3 is 4.90 Å². The lowest BCUT2D eigenvalue weighted by atomic mass is 10.1. The molecule has 1 saturated heterocycles. The molecule has 2 heterocycles. The van der Waals surface area contributed by atoms with Crippen molar-refractivity contribution in [2.24, 2.45) is 0 Å². The summed E-state index contributed by atoms with van der Waals surface area (Å²) in [5, 5.41) is 0. The summed E-state index contributed by atoms with van der Waals surface area (Å²) in [4.78, 5) is 14.9. The number of carbonyl (C=O) groups excluding carboxylic acids is 1. The van der Waals surface area contributed by atoms with E-state index in [0.29, 0.717) is 10.4 Å². The second kappa shape index (κ2) is 7.75. The van der Waals surface area contributed by atoms with Crippen LogP contribution < -0.4 is 4.72 Å². The maximum atomic E-state index is 13.6. The normalized spacial score (nSPS) is 15.1. The molecular formula is C18H21FN2O3S2. The molecular weight excluding hydrogens is 375 g/mol. The van der Waals surface area contributed by atoms with Gasteiger partial charge in [0.2, 0.25) is 5.91 Å². The first-order chi connectivity index (χ1) is 12.3. The predicted octanol–water partition coefficient (Wildman–Crippen LogP) is 3.55. The largest absolute Gasteiger partial charge is 0.342 e. The van der Waals surface area contributed by atoms with Crippen LogP contribution in [0.5, 0.6) is 0 Å². The number of nitrogens with one attached hydrogen (secondary N) is 1. The summed E-state index contributed by atoms with van der Waals surface area (Å²) >= 11 is 1.07. The lowest BCUT2D eigenvalue weighted by molar-refractivity contribution is -0.131. The maximum Gasteiger partial charge on any atom is 0.271 e. The van der Waals surface area contributed by atoms with Crippen molar-refractivity contribution >= 4 is 33.0 Å². The first-order valence-electron chi connectivity index (χ1n) is 8.50. The number of halogens is 1. The van der Waals surface area contributed by atoms with E-state index in [1.165, 1.54) is 18.2 Å². The molecule has 140 valence electrons. The summed E-state index contributed by atoms with van der Waals surface area (Å²) in [6, 6.07) is 7.34. The van der Waals surface area contributed by atoms with Gasteiger partial charge >= 0.3 is 0 Å². The Morgan fingerprint density at radius 1 is 1.19 bits per heavy atom. The van der Waals surface area contributed by atoms with E-state index in [0.717, 1.165) is 49.8 Å². The molecule has 26 heavy (non-hydrogen) atoms. The Labute approximate surface area is 156 Å². The molecule has 0 bridgehead atoms. The Morgan fingerprint density at radius 2 is 1.92 bits per heavy atom. The van der Waals surface area contributed by atoms with Crippen LogP contribution in [0.2, 0.25) is 0 Å². The van der Waals surface area contributed by atoms with Crippen LogP contribution in [0, 0.1) is 12.7 Å². The van der Waals surface area contributed by atoms with Crippen molar-refractivity contribution in [3.05, 3.63) is 46.6 Å². The Balaban J connectivity index is 1.69. The number of hydrogen-bond acceptors (Lipinski definition) is 4. The van der Waals surface area contributed by atoms with E-state index in [4.69, 9.17) is 0 Å². The minimum atomic E-state index is -3.81. The molecule has 0 spiro atoms. The molecule has 1 aliphatic rings. The van der Waals surface area contributed by atoms with Crippen LogP contribution in [0.1, 0.15) is 29.7 Å². The predicted molar refractivity (Wildman–Crippen MR) is 100 cm³/mol. The van der Waals surface area contributed by atoms with Crippen LogP contribution in [0.15, 0.2) is 34.5 Å². The van der Waals surface area contributed by atoms with Crippen LogP contribution >= 0.6 is 11.3 Å². The van der Waals surface area contributed by atoms with Gasteiger partial charge in [-0.15, -0.1) is 11.3 Å². The molecule has 0 unspecified atom stereocenters. The van der Waals surface area contributed by atoms with Gasteiger partial charge in [-0.05, 0) is 56.0 Å². The second-order valence-electron chi connectivity index (χ2n) is 6.41. The van der Waals surface area contributed by atoms with Crippen molar-refractivity contribution in [3.8, 4) is 0 Å². The first kappa shape index (κ1) is 18.8. The topological polar surface area (TPSA) is 66.5 Å². The number of nitrogens with zero attached hydrogens (tertiary/aromatic N) is 1. The number of likely N-dealkylation sites (tertiary alicyclic amines) is 1. The summed E-state index contributed by atoms with van der Waals surface area (Å²) in [5.74, 6) is -0.437. The molecule has 1 aliphatic heterocycles. The van der Waals surface area contributed by atoms with E-state index in [1.807, 2.05) is 4.90 Å². The van der Waals surface area contributed by atoms with E-state index < -0.39 is 15.8 Å². The molecule has 8 heteroatoms. The van der Waals surface area contributed by atoms with Gasteiger partial charge in [-0.3, -0.25) is 9.52 Å². The van der Waals surface area contributed by atoms with Gasteiger partial charge in [0.05, 0.1) is 12.1 Å². The molecule has 0 saturated carbocycles. The number of sulfonamides is 1. The summed E-state index contributed by atoms with van der Waals surface area (Å²) in [6.45, 7) is 3.16. The quantitative estimate of drug-likeness (QED) is 0.840. The highest BCUT2D eigenvalue weighted by Gasteiger charge is 2.21. The van der Waals surface area contributed by atoms with Gasteiger partial charge in [0, 0.05) is 18.0 Å². The number of rotatable bonds is 5. The zero-order valence-corrected chi connectivity index (χ0v) is 16.1. The molecule has 1 amide bonds. The summed E-state index contributed by atoms with van der Waals surface area (Å²) in [5.41, 5.74) is 0.620. The zero-order chi connectivity index (χ0) is 18.7. The Bertz CT molecular complexity index is 903. The molecule has 1 aromatic heterocycles. The fraction of sp³-hybridized carbons (Fsp3) is 0.389. The number of amides is 1. The minimum absolute atomic E-state index is 0.0315. The zero-order valence-electron chi connectivity index (χ0n) is 14.5. The van der Waals surface area contributed by atoms with Crippen LogP contribution in [0.4, 0.5) is 10.1 Å². The molecule has 0 radical (unpaired) electrons. The van der Waals surface area contributed by atoms with Crippen LogP contribution in [0.3, 0.4) is 0 Å². The van der Waals surface area contributed by atoms with Crippen molar-refractivity contribution in [2.45, 2.75) is 36.8 Å². The third-order valence-corrected chi connectivity index (χ3v) is 7.32. The Kier molecular flexibility index (Phi) is 5.62. The minimum Gasteiger partial charge on any atom is -0.342 e. The number of piperidine rings is 1. The third kappa shape index (κ3) is 4.42. The first-order valence-corrected chi connectivity index (χ1v) is 10.8. The third-order valence-electron chi connectivity index (χ3n) is 4.36. The van der Waals surface area contributed by atoms with Crippen LogP contribution in [0.25, 0.3) is 0 Å². The molecule has 1 aromatic carbocycles. The van der Waals surface area contributed by atoms with Crippen molar-refractivity contribution < 1.29 is 17.6 Å². The van der Waals surface area contributed by atoms with Gasteiger partial charge in [0.15, 0.2) is 0 Å². The van der Waals surface area contributed by atoms with E-state index in [2.05, 4.69) is 4.72 Å². The lowest BCUT2D eigenvalue weighted by Crippen LogP contribution is -2.36. The highest BCUT2D eigenvalue weighted by Crippen LogP contribution is 2.26. The lowest BCUT2D eigenvalue weighted by Gasteiger charge is -2.26. The monoisotopic (exact) mass is 396 g/mol. The number of carbonyl (C=O) groups is 1. The summed E-state index contributed by atoms with van der Waals surface area (Å²) < 4.78 is 41.1. The van der Waals surface area contributed by atoms with Crippen molar-refractivity contribution in [1.29, 1.82) is 0 Å². The van der Waals surface area contributed by atoms with Gasteiger partial charge in [-0.25, -0.2) is 12.8 Å². The van der Waals surface area contributed by atoms with Gasteiger partial charge in [0.1, 0.15) is 10.0 Å². The number of hydrogen-bond donors (Lipinski definition) is 1. The number of thiophene rings is 1. The van der Waals surface area contributed by atoms with Crippen molar-refractivity contribution in [3.63, 3.8) is 0 Å².